The highest BCUT2D eigenvalue weighted by molar-refractivity contribution is 6.04. The lowest BCUT2D eigenvalue weighted by Gasteiger charge is -2.19. The van der Waals surface area contributed by atoms with Crippen LogP contribution in [0.15, 0.2) is 48.8 Å². The Hall–Kier alpha value is -3.35. The van der Waals surface area contributed by atoms with Crippen molar-refractivity contribution in [2.24, 2.45) is 5.92 Å². The van der Waals surface area contributed by atoms with Gasteiger partial charge >= 0.3 is 0 Å². The first-order chi connectivity index (χ1) is 12.7. The number of imidazole rings is 1. The Morgan fingerprint density at radius 3 is 3.00 bits per heavy atom. The Balaban J connectivity index is 1.50. The molecular weight excluding hydrogens is 332 g/mol. The fourth-order valence-electron chi connectivity index (χ4n) is 3.23. The monoisotopic (exact) mass is 350 g/mol. The summed E-state index contributed by atoms with van der Waals surface area (Å²) in [5.74, 6) is -0.0511. The summed E-state index contributed by atoms with van der Waals surface area (Å²) in [6.07, 6.45) is 1.78. The van der Waals surface area contributed by atoms with Crippen molar-refractivity contribution < 1.29 is 14.3 Å². The van der Waals surface area contributed by atoms with Crippen LogP contribution >= 0.6 is 0 Å². The van der Waals surface area contributed by atoms with E-state index in [-0.39, 0.29) is 18.2 Å². The van der Waals surface area contributed by atoms with E-state index in [1.54, 1.807) is 30.5 Å². The average Bonchev–Trinajstić information content (AvgIpc) is 3.27. The molecule has 1 aliphatic heterocycles. The number of H-pyrrole nitrogens is 1. The minimum absolute atomic E-state index is 0.0846. The number of hydrogen-bond acceptors (Lipinski definition) is 4. The third-order valence-corrected chi connectivity index (χ3v) is 4.56. The van der Waals surface area contributed by atoms with Crippen LogP contribution in [0.3, 0.4) is 0 Å². The van der Waals surface area contributed by atoms with Gasteiger partial charge in [-0.05, 0) is 30.3 Å². The number of carbonyl (C=O) groups excluding carboxylic acids is 2. The normalized spacial score (nSPS) is 16.9. The van der Waals surface area contributed by atoms with E-state index in [4.69, 9.17) is 4.74 Å². The van der Waals surface area contributed by atoms with Crippen molar-refractivity contribution in [1.29, 1.82) is 0 Å². The van der Waals surface area contributed by atoms with Crippen molar-refractivity contribution in [2.45, 2.75) is 6.42 Å². The molecule has 1 aromatic heterocycles. The van der Waals surface area contributed by atoms with Crippen molar-refractivity contribution in [3.05, 3.63) is 48.8 Å². The molecule has 0 bridgehead atoms. The molecule has 2 N–H and O–H groups in total. The maximum Gasteiger partial charge on any atom is 0.229 e. The predicted octanol–water partition coefficient (Wildman–Crippen LogP) is 2.56. The predicted molar refractivity (Wildman–Crippen MR) is 98.2 cm³/mol. The molecule has 2 heterocycles. The molecule has 0 aliphatic carbocycles. The number of amides is 2. The van der Waals surface area contributed by atoms with Gasteiger partial charge in [-0.25, -0.2) is 4.98 Å². The number of ether oxygens (including phenoxy) is 1. The second-order valence-electron chi connectivity index (χ2n) is 6.20. The zero-order valence-electron chi connectivity index (χ0n) is 14.2. The molecule has 3 aromatic rings. The quantitative estimate of drug-likeness (QED) is 0.757. The van der Waals surface area contributed by atoms with Gasteiger partial charge in [0.25, 0.3) is 0 Å². The lowest BCUT2D eigenvalue weighted by Crippen LogP contribution is -2.28. The van der Waals surface area contributed by atoms with Crippen molar-refractivity contribution in [1.82, 2.24) is 9.97 Å². The number of anilines is 2. The number of hydrogen-bond donors (Lipinski definition) is 2. The number of nitrogens with one attached hydrogen (secondary N) is 2. The van der Waals surface area contributed by atoms with Crippen LogP contribution in [0, 0.1) is 5.92 Å². The van der Waals surface area contributed by atoms with Crippen LogP contribution in [-0.4, -0.2) is 35.4 Å². The van der Waals surface area contributed by atoms with Crippen LogP contribution in [0.1, 0.15) is 6.42 Å². The van der Waals surface area contributed by atoms with E-state index in [0.717, 1.165) is 11.0 Å². The first-order valence-electron chi connectivity index (χ1n) is 8.33. The first-order valence-corrected chi connectivity index (χ1v) is 8.33. The maximum atomic E-state index is 12.6. The number of rotatable bonds is 4. The van der Waals surface area contributed by atoms with Crippen molar-refractivity contribution >= 4 is 34.2 Å². The summed E-state index contributed by atoms with van der Waals surface area (Å²) < 4.78 is 5.33. The third kappa shape index (κ3) is 2.88. The minimum atomic E-state index is -0.412. The molecule has 7 nitrogen and oxygen atoms in total. The smallest absolute Gasteiger partial charge is 0.229 e. The van der Waals surface area contributed by atoms with E-state index < -0.39 is 5.92 Å². The molecule has 0 unspecified atom stereocenters. The molecule has 1 saturated heterocycles. The SMILES string of the molecule is COc1ccccc1N1C[C@@H](C(=O)Nc2ccc3nc[nH]c3c2)CC1=O. The summed E-state index contributed by atoms with van der Waals surface area (Å²) in [5, 5.41) is 2.89. The first kappa shape index (κ1) is 16.1. The van der Waals surface area contributed by atoms with Crippen LogP contribution in [0.25, 0.3) is 11.0 Å². The van der Waals surface area contributed by atoms with Gasteiger partial charge in [-0.2, -0.15) is 0 Å². The van der Waals surface area contributed by atoms with Crippen LogP contribution in [-0.2, 0) is 9.59 Å². The van der Waals surface area contributed by atoms with Crippen molar-refractivity contribution in [3.8, 4) is 5.75 Å². The number of fused-ring (bicyclic) bond motifs is 1. The number of methoxy groups -OCH3 is 1. The van der Waals surface area contributed by atoms with Gasteiger partial charge in [0, 0.05) is 18.7 Å². The Labute approximate surface area is 150 Å². The highest BCUT2D eigenvalue weighted by Gasteiger charge is 2.36. The number of para-hydroxylation sites is 2. The van der Waals surface area contributed by atoms with E-state index in [0.29, 0.717) is 23.7 Å². The van der Waals surface area contributed by atoms with Crippen molar-refractivity contribution in [2.75, 3.05) is 23.9 Å². The highest BCUT2D eigenvalue weighted by atomic mass is 16.5. The Kier molecular flexibility index (Phi) is 4.04. The average molecular weight is 350 g/mol. The van der Waals surface area contributed by atoms with E-state index >= 15 is 0 Å². The summed E-state index contributed by atoms with van der Waals surface area (Å²) >= 11 is 0. The molecule has 0 spiro atoms. The molecule has 1 aliphatic rings. The van der Waals surface area contributed by atoms with Crippen LogP contribution in [0.5, 0.6) is 5.75 Å². The van der Waals surface area contributed by atoms with Gasteiger partial charge in [0.15, 0.2) is 0 Å². The molecule has 7 heteroatoms. The fraction of sp³-hybridized carbons (Fsp3) is 0.211. The Morgan fingerprint density at radius 2 is 2.15 bits per heavy atom. The van der Waals surface area contributed by atoms with Gasteiger partial charge < -0.3 is 19.9 Å². The van der Waals surface area contributed by atoms with Crippen LogP contribution in [0.2, 0.25) is 0 Å². The van der Waals surface area contributed by atoms with Gasteiger partial charge in [0.05, 0.1) is 36.1 Å². The minimum Gasteiger partial charge on any atom is -0.495 e. The summed E-state index contributed by atoms with van der Waals surface area (Å²) in [6.45, 7) is 0.331. The number of carbonyl (C=O) groups is 2. The summed E-state index contributed by atoms with van der Waals surface area (Å²) in [7, 11) is 1.56. The zero-order chi connectivity index (χ0) is 18.1. The molecule has 0 saturated carbocycles. The fourth-order valence-corrected chi connectivity index (χ4v) is 3.23. The molecule has 1 fully saturated rings. The third-order valence-electron chi connectivity index (χ3n) is 4.56. The number of benzene rings is 2. The molecule has 2 aromatic carbocycles. The van der Waals surface area contributed by atoms with Crippen molar-refractivity contribution in [3.63, 3.8) is 0 Å². The maximum absolute atomic E-state index is 12.6. The van der Waals surface area contributed by atoms with Gasteiger partial charge in [0.1, 0.15) is 5.75 Å². The van der Waals surface area contributed by atoms with E-state index in [1.807, 2.05) is 30.3 Å². The summed E-state index contributed by atoms with van der Waals surface area (Å²) in [6, 6.07) is 12.8. The number of nitrogens with zero attached hydrogens (tertiary/aromatic N) is 2. The van der Waals surface area contributed by atoms with Crippen LogP contribution in [0.4, 0.5) is 11.4 Å². The highest BCUT2D eigenvalue weighted by Crippen LogP contribution is 2.33. The number of aromatic nitrogens is 2. The van der Waals surface area contributed by atoms with E-state index in [2.05, 4.69) is 15.3 Å². The lowest BCUT2D eigenvalue weighted by atomic mass is 10.1. The lowest BCUT2D eigenvalue weighted by molar-refractivity contribution is -0.122. The van der Waals surface area contributed by atoms with Crippen LogP contribution < -0.4 is 15.0 Å². The topological polar surface area (TPSA) is 87.3 Å². The number of aromatic amines is 1. The van der Waals surface area contributed by atoms with Gasteiger partial charge in [-0.1, -0.05) is 12.1 Å². The Bertz CT molecular complexity index is 982. The molecule has 0 radical (unpaired) electrons. The second kappa shape index (κ2) is 6.51. The Morgan fingerprint density at radius 1 is 1.31 bits per heavy atom. The van der Waals surface area contributed by atoms with Gasteiger partial charge in [-0.15, -0.1) is 0 Å². The van der Waals surface area contributed by atoms with E-state index in [9.17, 15) is 9.59 Å². The standard InChI is InChI=1S/C19H18N4O3/c1-26-17-5-3-2-4-16(17)23-10-12(8-18(23)24)19(25)22-13-6-7-14-15(9-13)21-11-20-14/h2-7,9,11-12H,8,10H2,1H3,(H,20,21)(H,22,25)/t12-/m0/s1. The summed E-state index contributed by atoms with van der Waals surface area (Å²) in [4.78, 5) is 33.8. The molecule has 132 valence electrons. The molecular formula is C19H18N4O3. The largest absolute Gasteiger partial charge is 0.495 e. The van der Waals surface area contributed by atoms with E-state index in [1.165, 1.54) is 0 Å². The van der Waals surface area contributed by atoms with Gasteiger partial charge in [0.2, 0.25) is 11.8 Å². The second-order valence-corrected chi connectivity index (χ2v) is 6.20. The molecule has 1 atom stereocenters. The molecule has 26 heavy (non-hydrogen) atoms. The molecule has 4 rings (SSSR count). The van der Waals surface area contributed by atoms with Gasteiger partial charge in [-0.3, -0.25) is 9.59 Å². The summed E-state index contributed by atoms with van der Waals surface area (Å²) in [5.41, 5.74) is 3.05. The molecule has 2 amide bonds. The zero-order valence-corrected chi connectivity index (χ0v) is 14.2.